The fraction of sp³-hybridized carbons (Fsp3) is 0.393. The van der Waals surface area contributed by atoms with Gasteiger partial charge in [0.1, 0.15) is 17.3 Å². The Morgan fingerprint density at radius 1 is 1.05 bits per heavy atom. The molecule has 2 aromatic carbocycles. The average Bonchev–Trinajstić information content (AvgIpc) is 3.28. The Morgan fingerprint density at radius 3 is 2.68 bits per heavy atom. The molecular formula is C28H31FIN5O3. The summed E-state index contributed by atoms with van der Waals surface area (Å²) in [6.07, 6.45) is 5.29. The first kappa shape index (κ1) is 25.3. The van der Waals surface area contributed by atoms with Gasteiger partial charge in [-0.2, -0.15) is 0 Å². The van der Waals surface area contributed by atoms with Gasteiger partial charge in [-0.05, 0) is 79.3 Å². The Hall–Kier alpha value is -2.99. The average molecular weight is 631 g/mol. The summed E-state index contributed by atoms with van der Waals surface area (Å²) >= 11 is -0.250. The maximum atomic E-state index is 13.6. The van der Waals surface area contributed by atoms with E-state index in [0.717, 1.165) is 65.2 Å². The summed E-state index contributed by atoms with van der Waals surface area (Å²) in [4.78, 5) is 32.6. The molecule has 4 aliphatic rings. The standard InChI is InChI=1S/C28H31FIN5O3/c1-38-22-3-4-23-18(15-22)6-12-34(28(37)32-23)21-8-10-33(11-9-21)26-16-24(31-17-30-26)27(36)35-13-7-19-14-20(29)2-5-25(19)35/h2-5,14-16,21,31H,6-13,17H2,1H3,(H,32,37). The summed E-state index contributed by atoms with van der Waals surface area (Å²) in [6, 6.07) is 10.6. The summed E-state index contributed by atoms with van der Waals surface area (Å²) in [5, 5.41) is 6.41. The van der Waals surface area contributed by atoms with Gasteiger partial charge in [0.05, 0.1) is 15.3 Å². The number of urea groups is 1. The van der Waals surface area contributed by atoms with E-state index in [-0.39, 0.29) is 44.5 Å². The lowest BCUT2D eigenvalue weighted by Crippen LogP contribution is -2.50. The predicted molar refractivity (Wildman–Crippen MR) is 155 cm³/mol. The normalized spacial score (nSPS) is 20.2. The zero-order valence-electron chi connectivity index (χ0n) is 21.3. The van der Waals surface area contributed by atoms with E-state index < -0.39 is 0 Å². The Morgan fingerprint density at radius 2 is 1.87 bits per heavy atom. The van der Waals surface area contributed by atoms with Crippen molar-refractivity contribution < 1.29 is 18.7 Å². The number of alkyl halides is 1. The van der Waals surface area contributed by atoms with Gasteiger partial charge in [-0.1, -0.05) is 20.7 Å². The second-order valence-electron chi connectivity index (χ2n) is 9.92. The van der Waals surface area contributed by atoms with Crippen molar-refractivity contribution in [2.24, 2.45) is 0 Å². The van der Waals surface area contributed by atoms with Crippen molar-refractivity contribution >= 4 is 47.7 Å². The molecule has 3 amide bonds. The third-order valence-electron chi connectivity index (χ3n) is 7.78. The number of carbonyl (C=O) groups excluding carboxylic acids is 2. The lowest BCUT2D eigenvalue weighted by Gasteiger charge is -2.38. The molecular weight excluding hydrogens is 600 g/mol. The fourth-order valence-electron chi connectivity index (χ4n) is 5.72. The van der Waals surface area contributed by atoms with Gasteiger partial charge < -0.3 is 25.2 Å². The van der Waals surface area contributed by atoms with E-state index >= 15 is 0 Å². The largest absolute Gasteiger partial charge is 0.497 e. The van der Waals surface area contributed by atoms with Crippen LogP contribution in [0.25, 0.3) is 0 Å². The van der Waals surface area contributed by atoms with E-state index in [9.17, 15) is 14.0 Å². The Balaban J connectivity index is 1.09. The van der Waals surface area contributed by atoms with Gasteiger partial charge in [-0.3, -0.25) is 9.69 Å². The number of nitrogens with one attached hydrogen (secondary N) is 2. The van der Waals surface area contributed by atoms with Crippen LogP contribution < -0.4 is 20.3 Å². The molecule has 0 aromatic heterocycles. The SMILES string of the molecule is COc1ccc2c(c1)CCN(C1CCN(C3=ICNC(C(=O)N4CCc5cc(F)ccc54)=C3)CC1)C(=O)N2. The molecule has 200 valence electrons. The highest BCUT2D eigenvalue weighted by molar-refractivity contribution is 14.2. The van der Waals surface area contributed by atoms with Crippen LogP contribution in [0.2, 0.25) is 0 Å². The molecule has 0 radical (unpaired) electrons. The van der Waals surface area contributed by atoms with Crippen LogP contribution in [0.4, 0.5) is 20.6 Å². The number of fused-ring (bicyclic) bond motifs is 2. The van der Waals surface area contributed by atoms with Crippen molar-refractivity contribution in [3.05, 3.63) is 65.1 Å². The van der Waals surface area contributed by atoms with Gasteiger partial charge in [0.15, 0.2) is 0 Å². The molecule has 0 unspecified atom stereocenters. The molecule has 0 aliphatic carbocycles. The van der Waals surface area contributed by atoms with Crippen molar-refractivity contribution in [2.75, 3.05) is 48.1 Å². The molecule has 2 aromatic rings. The van der Waals surface area contributed by atoms with Crippen LogP contribution in [0.5, 0.6) is 5.75 Å². The number of ether oxygens (including phenoxy) is 1. The van der Waals surface area contributed by atoms with Crippen LogP contribution in [0.1, 0.15) is 24.0 Å². The number of hydrogen-bond donors (Lipinski definition) is 2. The number of carbonyl (C=O) groups is 2. The van der Waals surface area contributed by atoms with Gasteiger partial charge in [-0.15, -0.1) is 0 Å². The van der Waals surface area contributed by atoms with Crippen LogP contribution in [-0.4, -0.2) is 69.3 Å². The summed E-state index contributed by atoms with van der Waals surface area (Å²) in [6.45, 7) is 2.99. The van der Waals surface area contributed by atoms with Crippen molar-refractivity contribution in [1.29, 1.82) is 0 Å². The summed E-state index contributed by atoms with van der Waals surface area (Å²) in [7, 11) is 1.65. The molecule has 0 saturated carbocycles. The minimum Gasteiger partial charge on any atom is -0.497 e. The second kappa shape index (κ2) is 10.6. The first-order valence-electron chi connectivity index (χ1n) is 13.0. The third-order valence-corrected chi connectivity index (χ3v) is 10.3. The molecule has 0 bridgehead atoms. The molecule has 0 spiro atoms. The quantitative estimate of drug-likeness (QED) is 0.305. The number of benzene rings is 2. The van der Waals surface area contributed by atoms with Gasteiger partial charge in [0, 0.05) is 43.6 Å². The number of hydrogen-bond acceptors (Lipinski definition) is 5. The molecule has 4 heterocycles. The molecule has 8 nitrogen and oxygen atoms in total. The van der Waals surface area contributed by atoms with Gasteiger partial charge in [-0.25, -0.2) is 9.18 Å². The Bertz CT molecular complexity index is 1340. The maximum absolute atomic E-state index is 13.6. The van der Waals surface area contributed by atoms with Gasteiger partial charge >= 0.3 is 6.03 Å². The van der Waals surface area contributed by atoms with Crippen LogP contribution in [0, 0.1) is 5.82 Å². The van der Waals surface area contributed by atoms with Crippen LogP contribution >= 0.6 is 20.7 Å². The molecule has 4 aliphatic heterocycles. The number of nitrogens with zero attached hydrogens (tertiary/aromatic N) is 3. The number of methoxy groups -OCH3 is 1. The number of rotatable bonds is 4. The van der Waals surface area contributed by atoms with E-state index in [2.05, 4.69) is 15.5 Å². The van der Waals surface area contributed by atoms with Gasteiger partial charge in [0.2, 0.25) is 0 Å². The molecule has 38 heavy (non-hydrogen) atoms. The summed E-state index contributed by atoms with van der Waals surface area (Å²) in [5.41, 5.74) is 4.26. The third kappa shape index (κ3) is 4.91. The first-order chi connectivity index (χ1) is 18.5. The summed E-state index contributed by atoms with van der Waals surface area (Å²) < 4.78 is 21.0. The van der Waals surface area contributed by atoms with E-state index in [0.29, 0.717) is 25.2 Å². The number of amides is 3. The van der Waals surface area contributed by atoms with Crippen LogP contribution in [0.15, 0.2) is 48.2 Å². The lowest BCUT2D eigenvalue weighted by atomic mass is 10.0. The van der Waals surface area contributed by atoms with Crippen LogP contribution in [-0.2, 0) is 17.6 Å². The van der Waals surface area contributed by atoms with Crippen molar-refractivity contribution in [3.63, 3.8) is 0 Å². The number of anilines is 2. The first-order valence-corrected chi connectivity index (χ1v) is 15.6. The topological polar surface area (TPSA) is 77.2 Å². The van der Waals surface area contributed by atoms with Crippen molar-refractivity contribution in [1.82, 2.24) is 15.1 Å². The molecule has 10 heteroatoms. The smallest absolute Gasteiger partial charge is 0.322 e. The number of piperidine rings is 1. The molecule has 0 atom stereocenters. The van der Waals surface area contributed by atoms with E-state index in [4.69, 9.17) is 4.74 Å². The zero-order valence-corrected chi connectivity index (χ0v) is 23.5. The highest BCUT2D eigenvalue weighted by atomic mass is 127. The molecule has 2 N–H and O–H groups in total. The van der Waals surface area contributed by atoms with Crippen molar-refractivity contribution in [2.45, 2.75) is 31.7 Å². The van der Waals surface area contributed by atoms with Gasteiger partial charge in [0.25, 0.3) is 5.91 Å². The predicted octanol–water partition coefficient (Wildman–Crippen LogP) is 3.82. The number of halogens is 2. The Labute approximate surface area is 231 Å². The minimum atomic E-state index is -0.265. The second-order valence-corrected chi connectivity index (χ2v) is 12.6. The minimum absolute atomic E-state index is 0.0344. The van der Waals surface area contributed by atoms with Crippen LogP contribution in [0.3, 0.4) is 0 Å². The fourth-order valence-corrected chi connectivity index (χ4v) is 8.21. The molecule has 1 fully saturated rings. The monoisotopic (exact) mass is 631 g/mol. The van der Waals surface area contributed by atoms with E-state index in [1.807, 2.05) is 29.2 Å². The van der Waals surface area contributed by atoms with E-state index in [1.54, 1.807) is 18.1 Å². The number of likely N-dealkylation sites (tertiary alicyclic amines) is 1. The van der Waals surface area contributed by atoms with Crippen molar-refractivity contribution in [3.8, 4) is 5.75 Å². The maximum Gasteiger partial charge on any atom is 0.322 e. The lowest BCUT2D eigenvalue weighted by molar-refractivity contribution is -0.115. The highest BCUT2D eigenvalue weighted by Gasteiger charge is 2.32. The summed E-state index contributed by atoms with van der Waals surface area (Å²) in [5.74, 6) is 0.485. The van der Waals surface area contributed by atoms with E-state index in [1.165, 1.54) is 15.8 Å². The molecule has 1 saturated heterocycles. The molecule has 6 rings (SSSR count). The Kier molecular flexibility index (Phi) is 7.08. The zero-order chi connectivity index (χ0) is 26.2. The highest BCUT2D eigenvalue weighted by Crippen LogP contribution is 2.31.